The fourth-order valence-electron chi connectivity index (χ4n) is 3.11. The smallest absolute Gasteiger partial charge is 0.235 e. The van der Waals surface area contributed by atoms with E-state index in [-0.39, 0.29) is 16.7 Å². The number of carbonyl (C=O) groups excluding carboxylic acids is 1. The van der Waals surface area contributed by atoms with Gasteiger partial charge in [-0.2, -0.15) is 0 Å². The molecule has 3 heteroatoms. The van der Waals surface area contributed by atoms with Crippen LogP contribution in [0.25, 0.3) is 0 Å². The summed E-state index contributed by atoms with van der Waals surface area (Å²) in [4.78, 5) is 12.4. The number of hydrogen-bond acceptors (Lipinski definition) is 2. The molecule has 0 saturated carbocycles. The van der Waals surface area contributed by atoms with Crippen molar-refractivity contribution in [2.75, 3.05) is 18.5 Å². The molecule has 102 valence electrons. The third-order valence-corrected chi connectivity index (χ3v) is 4.43. The Morgan fingerprint density at radius 3 is 2.53 bits per heavy atom. The number of anilines is 1. The summed E-state index contributed by atoms with van der Waals surface area (Å²) in [5, 5.41) is 3.08. The molecule has 2 aliphatic heterocycles. The van der Waals surface area contributed by atoms with E-state index in [0.717, 1.165) is 24.1 Å². The fourth-order valence-corrected chi connectivity index (χ4v) is 3.11. The van der Waals surface area contributed by atoms with Crippen LogP contribution >= 0.6 is 0 Å². The number of benzene rings is 1. The average molecular weight is 259 g/mol. The molecule has 3 nitrogen and oxygen atoms in total. The summed E-state index contributed by atoms with van der Waals surface area (Å²) in [7, 11) is 0. The second-order valence-corrected chi connectivity index (χ2v) is 6.66. The van der Waals surface area contributed by atoms with E-state index in [2.05, 4.69) is 44.3 Å². The van der Waals surface area contributed by atoms with Gasteiger partial charge in [0.25, 0.3) is 0 Å². The quantitative estimate of drug-likeness (QED) is 0.778. The number of ether oxygens (including phenoxy) is 1. The first kappa shape index (κ1) is 12.7. The SMILES string of the molecule is CC(C)(C)c1ccc2c(c1)NC(=O)C21CCOCC1. The van der Waals surface area contributed by atoms with E-state index in [1.54, 1.807) is 0 Å². The first-order valence-electron chi connectivity index (χ1n) is 6.98. The van der Waals surface area contributed by atoms with Gasteiger partial charge in [0.2, 0.25) is 5.91 Å². The molecule has 1 aromatic carbocycles. The van der Waals surface area contributed by atoms with Gasteiger partial charge < -0.3 is 10.1 Å². The van der Waals surface area contributed by atoms with Crippen molar-refractivity contribution >= 4 is 11.6 Å². The van der Waals surface area contributed by atoms with E-state index >= 15 is 0 Å². The summed E-state index contributed by atoms with van der Waals surface area (Å²) >= 11 is 0. The third-order valence-electron chi connectivity index (χ3n) is 4.43. The van der Waals surface area contributed by atoms with E-state index in [1.165, 1.54) is 5.56 Å². The number of fused-ring (bicyclic) bond motifs is 2. The minimum absolute atomic E-state index is 0.102. The highest BCUT2D eigenvalue weighted by Gasteiger charge is 2.47. The van der Waals surface area contributed by atoms with Crippen molar-refractivity contribution in [3.63, 3.8) is 0 Å². The van der Waals surface area contributed by atoms with Gasteiger partial charge in [-0.25, -0.2) is 0 Å². The summed E-state index contributed by atoms with van der Waals surface area (Å²) in [5.41, 5.74) is 3.18. The summed E-state index contributed by atoms with van der Waals surface area (Å²) < 4.78 is 5.42. The third kappa shape index (κ3) is 1.88. The first-order valence-corrected chi connectivity index (χ1v) is 6.98. The lowest BCUT2D eigenvalue weighted by molar-refractivity contribution is -0.124. The van der Waals surface area contributed by atoms with Crippen LogP contribution in [-0.4, -0.2) is 19.1 Å². The maximum absolute atomic E-state index is 12.4. The maximum Gasteiger partial charge on any atom is 0.235 e. The van der Waals surface area contributed by atoms with Crippen molar-refractivity contribution < 1.29 is 9.53 Å². The van der Waals surface area contributed by atoms with Crippen molar-refractivity contribution in [3.05, 3.63) is 29.3 Å². The Morgan fingerprint density at radius 1 is 1.21 bits per heavy atom. The highest BCUT2D eigenvalue weighted by atomic mass is 16.5. The van der Waals surface area contributed by atoms with Gasteiger partial charge >= 0.3 is 0 Å². The van der Waals surface area contributed by atoms with E-state index < -0.39 is 0 Å². The molecule has 0 unspecified atom stereocenters. The Morgan fingerprint density at radius 2 is 1.89 bits per heavy atom. The van der Waals surface area contributed by atoms with Gasteiger partial charge in [-0.05, 0) is 35.4 Å². The molecule has 1 saturated heterocycles. The van der Waals surface area contributed by atoms with Crippen molar-refractivity contribution in [1.29, 1.82) is 0 Å². The Balaban J connectivity index is 2.06. The molecule has 0 atom stereocenters. The lowest BCUT2D eigenvalue weighted by atomic mass is 9.74. The van der Waals surface area contributed by atoms with Gasteiger partial charge in [0, 0.05) is 18.9 Å². The number of nitrogens with one attached hydrogen (secondary N) is 1. The summed E-state index contributed by atoms with van der Waals surface area (Å²) in [6.07, 6.45) is 1.58. The highest BCUT2D eigenvalue weighted by Crippen LogP contribution is 2.45. The topological polar surface area (TPSA) is 38.3 Å². The van der Waals surface area contributed by atoms with Crippen molar-refractivity contribution in [2.24, 2.45) is 0 Å². The number of amides is 1. The van der Waals surface area contributed by atoms with Crippen molar-refractivity contribution in [2.45, 2.75) is 44.4 Å². The largest absolute Gasteiger partial charge is 0.381 e. The molecular weight excluding hydrogens is 238 g/mol. The van der Waals surface area contributed by atoms with E-state index in [9.17, 15) is 4.79 Å². The molecule has 0 bridgehead atoms. The Bertz CT molecular complexity index is 522. The number of carbonyl (C=O) groups is 1. The molecule has 1 aromatic rings. The van der Waals surface area contributed by atoms with Gasteiger partial charge in [-0.1, -0.05) is 32.9 Å². The first-order chi connectivity index (χ1) is 8.93. The van der Waals surface area contributed by atoms with Crippen LogP contribution in [0.5, 0.6) is 0 Å². The monoisotopic (exact) mass is 259 g/mol. The van der Waals surface area contributed by atoms with Crippen LogP contribution in [0.4, 0.5) is 5.69 Å². The number of rotatable bonds is 0. The molecule has 1 spiro atoms. The zero-order valence-electron chi connectivity index (χ0n) is 11.9. The molecule has 1 fully saturated rings. The van der Waals surface area contributed by atoms with Crippen LogP contribution in [-0.2, 0) is 20.4 Å². The van der Waals surface area contributed by atoms with Crippen molar-refractivity contribution in [1.82, 2.24) is 0 Å². The average Bonchev–Trinajstić information content (AvgIpc) is 2.62. The van der Waals surface area contributed by atoms with E-state index in [0.29, 0.717) is 13.2 Å². The van der Waals surface area contributed by atoms with Gasteiger partial charge in [0.15, 0.2) is 0 Å². The molecule has 2 heterocycles. The predicted octanol–water partition coefficient (Wildman–Crippen LogP) is 2.98. The minimum atomic E-state index is -0.343. The zero-order chi connectivity index (χ0) is 13.7. The van der Waals surface area contributed by atoms with Gasteiger partial charge in [0.05, 0.1) is 5.41 Å². The fraction of sp³-hybridized carbons (Fsp3) is 0.562. The predicted molar refractivity (Wildman–Crippen MR) is 75.5 cm³/mol. The summed E-state index contributed by atoms with van der Waals surface area (Å²) in [6.45, 7) is 7.92. The standard InChI is InChI=1S/C16H21NO2/c1-15(2,3)11-4-5-12-13(10-11)17-14(18)16(12)6-8-19-9-7-16/h4-5,10H,6-9H2,1-3H3,(H,17,18). The van der Waals surface area contributed by atoms with E-state index in [4.69, 9.17) is 4.74 Å². The summed E-state index contributed by atoms with van der Waals surface area (Å²) in [5.74, 6) is 0.150. The Kier molecular flexibility index (Phi) is 2.72. The second kappa shape index (κ2) is 4.07. The molecular formula is C16H21NO2. The lowest BCUT2D eigenvalue weighted by Gasteiger charge is -2.31. The lowest BCUT2D eigenvalue weighted by Crippen LogP contribution is -2.39. The van der Waals surface area contributed by atoms with Gasteiger partial charge in [-0.15, -0.1) is 0 Å². The van der Waals surface area contributed by atoms with E-state index in [1.807, 2.05) is 0 Å². The molecule has 1 amide bonds. The zero-order valence-corrected chi connectivity index (χ0v) is 11.9. The Hall–Kier alpha value is -1.35. The normalized spacial score (nSPS) is 21.3. The highest BCUT2D eigenvalue weighted by molar-refractivity contribution is 6.06. The minimum Gasteiger partial charge on any atom is -0.381 e. The summed E-state index contributed by atoms with van der Waals surface area (Å²) in [6, 6.07) is 6.44. The van der Waals surface area contributed by atoms with Gasteiger partial charge in [-0.3, -0.25) is 4.79 Å². The van der Waals surface area contributed by atoms with Crippen LogP contribution in [0.2, 0.25) is 0 Å². The molecule has 2 aliphatic rings. The van der Waals surface area contributed by atoms with Crippen molar-refractivity contribution in [3.8, 4) is 0 Å². The van der Waals surface area contributed by atoms with Crippen LogP contribution in [0.1, 0.15) is 44.7 Å². The molecule has 3 rings (SSSR count). The Labute approximate surface area is 114 Å². The van der Waals surface area contributed by atoms with Crippen LogP contribution in [0.15, 0.2) is 18.2 Å². The van der Waals surface area contributed by atoms with Crippen LogP contribution < -0.4 is 5.32 Å². The molecule has 0 radical (unpaired) electrons. The molecule has 0 aliphatic carbocycles. The molecule has 19 heavy (non-hydrogen) atoms. The van der Waals surface area contributed by atoms with Crippen LogP contribution in [0, 0.1) is 0 Å². The maximum atomic E-state index is 12.4. The van der Waals surface area contributed by atoms with Crippen LogP contribution in [0.3, 0.4) is 0 Å². The number of hydrogen-bond donors (Lipinski definition) is 1. The van der Waals surface area contributed by atoms with Gasteiger partial charge in [0.1, 0.15) is 0 Å². The molecule has 1 N–H and O–H groups in total. The molecule has 0 aromatic heterocycles. The second-order valence-electron chi connectivity index (χ2n) is 6.66.